The lowest BCUT2D eigenvalue weighted by molar-refractivity contribution is -0.123. The van der Waals surface area contributed by atoms with Crippen LogP contribution in [0.4, 0.5) is 0 Å². The number of hydrogen-bond acceptors (Lipinski definition) is 4. The summed E-state index contributed by atoms with van der Waals surface area (Å²) in [7, 11) is 3.50. The number of hydrogen-bond donors (Lipinski definition) is 2. The van der Waals surface area contributed by atoms with E-state index in [1.807, 2.05) is 25.2 Å². The largest absolute Gasteiger partial charge is 0.497 e. The second-order valence-electron chi connectivity index (χ2n) is 5.34. The number of rotatable bonds is 7. The summed E-state index contributed by atoms with van der Waals surface area (Å²) in [6.45, 7) is 0.719. The molecule has 1 saturated carbocycles. The number of ether oxygens (including phenoxy) is 2. The number of carbonyl (C=O) groups excluding carboxylic acids is 1. The Balaban J connectivity index is 1.90. The molecule has 5 heteroatoms. The Morgan fingerprint density at radius 1 is 1.33 bits per heavy atom. The van der Waals surface area contributed by atoms with Crippen LogP contribution in [0, 0.1) is 0 Å². The molecule has 0 atom stereocenters. The third kappa shape index (κ3) is 4.63. The number of amides is 1. The fourth-order valence-electron chi connectivity index (χ4n) is 2.63. The molecule has 0 spiro atoms. The van der Waals surface area contributed by atoms with Gasteiger partial charge < -0.3 is 20.1 Å². The predicted molar refractivity (Wildman–Crippen MR) is 81.7 cm³/mol. The third-order valence-electron chi connectivity index (χ3n) is 3.71. The summed E-state index contributed by atoms with van der Waals surface area (Å²) < 4.78 is 10.9. The molecule has 0 aromatic heterocycles. The summed E-state index contributed by atoms with van der Waals surface area (Å²) in [6.07, 6.45) is 4.58. The van der Waals surface area contributed by atoms with Crippen LogP contribution in [0.5, 0.6) is 11.5 Å². The van der Waals surface area contributed by atoms with E-state index in [-0.39, 0.29) is 12.5 Å². The first kappa shape index (κ1) is 15.6. The molecular formula is C16H24N2O3. The average molecular weight is 292 g/mol. The normalized spacial score (nSPS) is 15.0. The van der Waals surface area contributed by atoms with E-state index in [4.69, 9.17) is 9.47 Å². The van der Waals surface area contributed by atoms with Crippen molar-refractivity contribution in [3.63, 3.8) is 0 Å². The van der Waals surface area contributed by atoms with Crippen molar-refractivity contribution in [2.24, 2.45) is 0 Å². The summed E-state index contributed by atoms with van der Waals surface area (Å²) >= 11 is 0. The average Bonchev–Trinajstić information content (AvgIpc) is 2.99. The van der Waals surface area contributed by atoms with Gasteiger partial charge in [0, 0.05) is 18.2 Å². The van der Waals surface area contributed by atoms with Gasteiger partial charge in [-0.05, 0) is 38.1 Å². The molecule has 0 unspecified atom stereocenters. The minimum absolute atomic E-state index is 0.0480. The second-order valence-corrected chi connectivity index (χ2v) is 5.34. The minimum Gasteiger partial charge on any atom is -0.497 e. The Morgan fingerprint density at radius 2 is 2.10 bits per heavy atom. The van der Waals surface area contributed by atoms with Gasteiger partial charge in [0.1, 0.15) is 11.5 Å². The van der Waals surface area contributed by atoms with E-state index in [1.54, 1.807) is 7.11 Å². The van der Waals surface area contributed by atoms with Gasteiger partial charge in [0.15, 0.2) is 6.61 Å². The van der Waals surface area contributed by atoms with Crippen molar-refractivity contribution in [1.82, 2.24) is 10.6 Å². The number of carbonyl (C=O) groups is 1. The maximum Gasteiger partial charge on any atom is 0.258 e. The summed E-state index contributed by atoms with van der Waals surface area (Å²) in [5.41, 5.74) is 0.977. The molecule has 0 radical (unpaired) electrons. The van der Waals surface area contributed by atoms with E-state index in [9.17, 15) is 4.79 Å². The zero-order chi connectivity index (χ0) is 15.1. The van der Waals surface area contributed by atoms with Gasteiger partial charge >= 0.3 is 0 Å². The van der Waals surface area contributed by atoms with Gasteiger partial charge in [-0.2, -0.15) is 0 Å². The highest BCUT2D eigenvalue weighted by atomic mass is 16.5. The molecule has 1 aliphatic carbocycles. The highest BCUT2D eigenvalue weighted by molar-refractivity contribution is 5.77. The van der Waals surface area contributed by atoms with Crippen LogP contribution in [0.1, 0.15) is 31.2 Å². The molecule has 1 aromatic rings. The van der Waals surface area contributed by atoms with E-state index < -0.39 is 0 Å². The van der Waals surface area contributed by atoms with Crippen LogP contribution in [0.2, 0.25) is 0 Å². The smallest absolute Gasteiger partial charge is 0.258 e. The lowest BCUT2D eigenvalue weighted by Gasteiger charge is -2.15. The Hall–Kier alpha value is -1.75. The monoisotopic (exact) mass is 292 g/mol. The van der Waals surface area contributed by atoms with Crippen molar-refractivity contribution in [3.8, 4) is 11.5 Å². The zero-order valence-electron chi connectivity index (χ0n) is 12.8. The van der Waals surface area contributed by atoms with Crippen LogP contribution in [-0.2, 0) is 11.3 Å². The minimum atomic E-state index is -0.0480. The highest BCUT2D eigenvalue weighted by Crippen LogP contribution is 2.24. The number of methoxy groups -OCH3 is 1. The summed E-state index contributed by atoms with van der Waals surface area (Å²) in [5.74, 6) is 1.45. The standard InChI is InChI=1S/C16H24N2O3/c1-17-10-12-9-14(20-2)7-8-15(12)21-11-16(19)18-13-5-3-4-6-13/h7-9,13,17H,3-6,10-11H2,1-2H3,(H,18,19). The van der Waals surface area contributed by atoms with Crippen molar-refractivity contribution < 1.29 is 14.3 Å². The van der Waals surface area contributed by atoms with Gasteiger partial charge in [-0.25, -0.2) is 0 Å². The Morgan fingerprint density at radius 3 is 2.76 bits per heavy atom. The third-order valence-corrected chi connectivity index (χ3v) is 3.71. The molecule has 2 rings (SSSR count). The Kier molecular flexibility index (Phi) is 5.87. The summed E-state index contributed by atoms with van der Waals surface area (Å²) in [5, 5.41) is 6.10. The van der Waals surface area contributed by atoms with Crippen molar-refractivity contribution in [2.75, 3.05) is 20.8 Å². The van der Waals surface area contributed by atoms with Crippen molar-refractivity contribution in [2.45, 2.75) is 38.3 Å². The molecule has 0 aliphatic heterocycles. The van der Waals surface area contributed by atoms with Gasteiger partial charge in [-0.15, -0.1) is 0 Å². The first-order valence-corrected chi connectivity index (χ1v) is 7.46. The fraction of sp³-hybridized carbons (Fsp3) is 0.562. The molecule has 116 valence electrons. The van der Waals surface area contributed by atoms with Crippen LogP contribution in [0.3, 0.4) is 0 Å². The van der Waals surface area contributed by atoms with E-state index in [0.29, 0.717) is 18.3 Å². The lowest BCUT2D eigenvalue weighted by Crippen LogP contribution is -2.36. The first-order valence-electron chi connectivity index (χ1n) is 7.46. The molecule has 1 fully saturated rings. The van der Waals surface area contributed by atoms with Crippen LogP contribution < -0.4 is 20.1 Å². The van der Waals surface area contributed by atoms with Gasteiger partial charge in [-0.3, -0.25) is 4.79 Å². The lowest BCUT2D eigenvalue weighted by atomic mass is 10.2. The SMILES string of the molecule is CNCc1cc(OC)ccc1OCC(=O)NC1CCCC1. The van der Waals surface area contributed by atoms with E-state index >= 15 is 0 Å². The van der Waals surface area contributed by atoms with Gasteiger partial charge in [0.25, 0.3) is 5.91 Å². The van der Waals surface area contributed by atoms with Crippen LogP contribution in [0.25, 0.3) is 0 Å². The van der Waals surface area contributed by atoms with E-state index in [0.717, 1.165) is 24.2 Å². The van der Waals surface area contributed by atoms with Crippen molar-refractivity contribution in [1.29, 1.82) is 0 Å². The quantitative estimate of drug-likeness (QED) is 0.805. The van der Waals surface area contributed by atoms with Crippen LogP contribution >= 0.6 is 0 Å². The number of benzene rings is 1. The summed E-state index contributed by atoms with van der Waals surface area (Å²) in [6, 6.07) is 5.92. The van der Waals surface area contributed by atoms with Gasteiger partial charge in [0.05, 0.1) is 7.11 Å². The first-order chi connectivity index (χ1) is 10.2. The molecule has 1 aromatic carbocycles. The zero-order valence-corrected chi connectivity index (χ0v) is 12.8. The van der Waals surface area contributed by atoms with Crippen molar-refractivity contribution in [3.05, 3.63) is 23.8 Å². The fourth-order valence-corrected chi connectivity index (χ4v) is 2.63. The molecule has 0 bridgehead atoms. The van der Waals surface area contributed by atoms with Gasteiger partial charge in [0.2, 0.25) is 0 Å². The van der Waals surface area contributed by atoms with Gasteiger partial charge in [-0.1, -0.05) is 12.8 Å². The second kappa shape index (κ2) is 7.88. The van der Waals surface area contributed by atoms with Crippen LogP contribution in [0.15, 0.2) is 18.2 Å². The molecule has 2 N–H and O–H groups in total. The van der Waals surface area contributed by atoms with Crippen LogP contribution in [-0.4, -0.2) is 32.7 Å². The maximum atomic E-state index is 11.9. The van der Waals surface area contributed by atoms with E-state index in [2.05, 4.69) is 10.6 Å². The molecule has 5 nitrogen and oxygen atoms in total. The Bertz CT molecular complexity index is 471. The molecule has 0 saturated heterocycles. The highest BCUT2D eigenvalue weighted by Gasteiger charge is 2.17. The van der Waals surface area contributed by atoms with E-state index in [1.165, 1.54) is 12.8 Å². The Labute approximate surface area is 126 Å². The number of nitrogens with one attached hydrogen (secondary N) is 2. The molecule has 1 amide bonds. The molecular weight excluding hydrogens is 268 g/mol. The maximum absolute atomic E-state index is 11.9. The summed E-state index contributed by atoms with van der Waals surface area (Å²) in [4.78, 5) is 11.9. The van der Waals surface area contributed by atoms with Crippen molar-refractivity contribution >= 4 is 5.91 Å². The molecule has 21 heavy (non-hydrogen) atoms. The molecule has 1 aliphatic rings. The molecule has 0 heterocycles. The topological polar surface area (TPSA) is 59.6 Å². The predicted octanol–water partition coefficient (Wildman–Crippen LogP) is 1.85.